The van der Waals surface area contributed by atoms with Gasteiger partial charge in [-0.1, -0.05) is 28.3 Å². The maximum Gasteiger partial charge on any atom is 0.341 e. The van der Waals surface area contributed by atoms with E-state index < -0.39 is 0 Å². The summed E-state index contributed by atoms with van der Waals surface area (Å²) in [4.78, 5) is 4.12. The van der Waals surface area contributed by atoms with Gasteiger partial charge in [0.25, 0.3) is 0 Å². The van der Waals surface area contributed by atoms with Gasteiger partial charge in [0.05, 0.1) is 25.2 Å². The Balaban J connectivity index is 1.84. The molecule has 0 aliphatic heterocycles. The van der Waals surface area contributed by atoms with Crippen LogP contribution in [0.2, 0.25) is 10.0 Å². The Hall–Kier alpha value is -1.41. The van der Waals surface area contributed by atoms with Crippen LogP contribution in [0.5, 0.6) is 17.5 Å². The normalized spacial score (nSPS) is 10.7. The quantitative estimate of drug-likeness (QED) is 0.496. The van der Waals surface area contributed by atoms with E-state index in [-0.39, 0.29) is 11.8 Å². The van der Waals surface area contributed by atoms with Gasteiger partial charge < -0.3 is 9.84 Å². The lowest BCUT2D eigenvalue weighted by Crippen LogP contribution is -1.96. The third-order valence-corrected chi connectivity index (χ3v) is 4.90. The predicted octanol–water partition coefficient (Wildman–Crippen LogP) is 5.87. The number of benzene rings is 2. The first kappa shape index (κ1) is 17.4. The minimum absolute atomic E-state index is 0.0778. The van der Waals surface area contributed by atoms with E-state index in [0.717, 1.165) is 5.56 Å². The highest BCUT2D eigenvalue weighted by Gasteiger charge is 2.10. The summed E-state index contributed by atoms with van der Waals surface area (Å²) >= 11 is 18.3. The fraction of sp³-hybridized carbons (Fsp3) is 0. The van der Waals surface area contributed by atoms with Crippen molar-refractivity contribution in [1.29, 1.82) is 0 Å². The van der Waals surface area contributed by atoms with E-state index in [1.807, 2.05) is 0 Å². The maximum absolute atomic E-state index is 9.74. The summed E-state index contributed by atoms with van der Waals surface area (Å²) in [7, 11) is 0. The average Bonchev–Trinajstić information content (AvgIpc) is 2.56. The van der Waals surface area contributed by atoms with Crippen LogP contribution >= 0.6 is 55.1 Å². The van der Waals surface area contributed by atoms with Crippen molar-refractivity contribution in [2.24, 2.45) is 0 Å². The van der Waals surface area contributed by atoms with Gasteiger partial charge in [-0.2, -0.15) is 4.98 Å². The molecule has 24 heavy (non-hydrogen) atoms. The number of aromatic nitrogens is 3. The largest absolute Gasteiger partial charge is 0.506 e. The molecule has 9 heteroatoms. The van der Waals surface area contributed by atoms with Gasteiger partial charge in [0.15, 0.2) is 0 Å². The zero-order valence-electron chi connectivity index (χ0n) is 11.7. The lowest BCUT2D eigenvalue weighted by Gasteiger charge is -2.06. The molecule has 3 aromatic rings. The number of rotatable bonds is 3. The molecule has 0 unspecified atom stereocenters. The Morgan fingerprint density at radius 3 is 2.25 bits per heavy atom. The second-order valence-corrected chi connectivity index (χ2v) is 7.12. The monoisotopic (exact) mass is 489 g/mol. The number of phenols is 1. The molecule has 1 N–H and O–H groups in total. The average molecular weight is 492 g/mol. The number of halogens is 4. The Morgan fingerprint density at radius 1 is 0.958 bits per heavy atom. The molecule has 0 aliphatic carbocycles. The number of aromatic hydroxyl groups is 1. The van der Waals surface area contributed by atoms with Gasteiger partial charge in [-0.25, -0.2) is 0 Å². The fourth-order valence-corrected chi connectivity index (χ4v) is 3.28. The molecule has 0 saturated carbocycles. The topological polar surface area (TPSA) is 68.1 Å². The van der Waals surface area contributed by atoms with E-state index in [2.05, 4.69) is 47.0 Å². The second kappa shape index (κ2) is 7.23. The van der Waals surface area contributed by atoms with Crippen LogP contribution in [-0.2, 0) is 0 Å². The highest BCUT2D eigenvalue weighted by atomic mass is 79.9. The SMILES string of the molecule is Oc1c(Br)cc(-c2cnc(Oc3ccc(Cl)c(Cl)c3)nn2)cc1Br. The van der Waals surface area contributed by atoms with Crippen LogP contribution in [-0.4, -0.2) is 20.3 Å². The first-order valence-corrected chi connectivity index (χ1v) is 8.79. The molecule has 0 radical (unpaired) electrons. The summed E-state index contributed by atoms with van der Waals surface area (Å²) in [6.45, 7) is 0. The van der Waals surface area contributed by atoms with Crippen molar-refractivity contribution in [1.82, 2.24) is 15.2 Å². The van der Waals surface area contributed by atoms with E-state index >= 15 is 0 Å². The van der Waals surface area contributed by atoms with Gasteiger partial charge in [0, 0.05) is 11.6 Å². The summed E-state index contributed by atoms with van der Waals surface area (Å²) in [5, 5.41) is 18.6. The van der Waals surface area contributed by atoms with E-state index in [9.17, 15) is 5.11 Å². The molecule has 0 spiro atoms. The molecule has 5 nitrogen and oxygen atoms in total. The van der Waals surface area contributed by atoms with Crippen molar-refractivity contribution in [3.63, 3.8) is 0 Å². The molecule has 0 bridgehead atoms. The third kappa shape index (κ3) is 3.80. The van der Waals surface area contributed by atoms with Crippen molar-refractivity contribution >= 4 is 55.1 Å². The molecule has 0 aliphatic rings. The molecular weight excluding hydrogens is 485 g/mol. The number of hydrogen-bond donors (Lipinski definition) is 1. The van der Waals surface area contributed by atoms with Gasteiger partial charge in [0.2, 0.25) is 0 Å². The highest BCUT2D eigenvalue weighted by Crippen LogP contribution is 2.36. The van der Waals surface area contributed by atoms with Crippen molar-refractivity contribution < 1.29 is 9.84 Å². The van der Waals surface area contributed by atoms with Gasteiger partial charge in [-0.05, 0) is 56.1 Å². The van der Waals surface area contributed by atoms with E-state index in [0.29, 0.717) is 30.4 Å². The molecule has 0 saturated heterocycles. The predicted molar refractivity (Wildman–Crippen MR) is 98.9 cm³/mol. The van der Waals surface area contributed by atoms with Crippen LogP contribution in [0.3, 0.4) is 0 Å². The van der Waals surface area contributed by atoms with E-state index in [1.54, 1.807) is 30.3 Å². The smallest absolute Gasteiger partial charge is 0.341 e. The van der Waals surface area contributed by atoms with Gasteiger partial charge in [-0.15, -0.1) is 5.10 Å². The molecule has 1 heterocycles. The van der Waals surface area contributed by atoms with Crippen molar-refractivity contribution in [2.75, 3.05) is 0 Å². The number of ether oxygens (including phenoxy) is 1. The Kier molecular flexibility index (Phi) is 5.24. The molecule has 0 amide bonds. The van der Waals surface area contributed by atoms with Crippen molar-refractivity contribution in [3.05, 3.63) is 55.5 Å². The molecule has 1 aromatic heterocycles. The molecular formula is C15H7Br2Cl2N3O2. The Morgan fingerprint density at radius 2 is 1.67 bits per heavy atom. The summed E-state index contributed by atoms with van der Waals surface area (Å²) < 4.78 is 6.55. The third-order valence-electron chi connectivity index (χ3n) is 2.95. The molecule has 2 aromatic carbocycles. The number of nitrogens with zero attached hydrogens (tertiary/aromatic N) is 3. The zero-order valence-corrected chi connectivity index (χ0v) is 16.4. The minimum Gasteiger partial charge on any atom is -0.506 e. The summed E-state index contributed by atoms with van der Waals surface area (Å²) in [6.07, 6.45) is 1.52. The van der Waals surface area contributed by atoms with Crippen LogP contribution in [0.15, 0.2) is 45.5 Å². The second-order valence-electron chi connectivity index (χ2n) is 4.59. The Labute approximate surface area is 163 Å². The molecule has 0 atom stereocenters. The molecule has 3 rings (SSSR count). The Bertz CT molecular complexity index is 885. The van der Waals surface area contributed by atoms with Crippen LogP contribution in [0.1, 0.15) is 0 Å². The lowest BCUT2D eigenvalue weighted by molar-refractivity contribution is 0.433. The fourth-order valence-electron chi connectivity index (χ4n) is 1.80. The first-order chi connectivity index (χ1) is 11.4. The van der Waals surface area contributed by atoms with Crippen molar-refractivity contribution in [3.8, 4) is 28.8 Å². The van der Waals surface area contributed by atoms with Crippen LogP contribution in [0.25, 0.3) is 11.3 Å². The summed E-state index contributed by atoms with van der Waals surface area (Å²) in [5.74, 6) is 0.563. The lowest BCUT2D eigenvalue weighted by atomic mass is 10.1. The van der Waals surface area contributed by atoms with Crippen molar-refractivity contribution in [2.45, 2.75) is 0 Å². The summed E-state index contributed by atoms with van der Waals surface area (Å²) in [5.41, 5.74) is 1.26. The first-order valence-electron chi connectivity index (χ1n) is 6.45. The zero-order chi connectivity index (χ0) is 17.3. The van der Waals surface area contributed by atoms with E-state index in [4.69, 9.17) is 27.9 Å². The van der Waals surface area contributed by atoms with Gasteiger partial charge in [0.1, 0.15) is 17.2 Å². The molecule has 122 valence electrons. The van der Waals surface area contributed by atoms with E-state index in [1.165, 1.54) is 6.20 Å². The minimum atomic E-state index is 0.0778. The maximum atomic E-state index is 9.74. The van der Waals surface area contributed by atoms with Crippen LogP contribution < -0.4 is 4.74 Å². The standard InChI is InChI=1S/C15H7Br2Cl2N3O2/c16-9-3-7(4-10(17)14(9)23)13-6-20-15(22-21-13)24-8-1-2-11(18)12(19)5-8/h1-6,23H. The van der Waals surface area contributed by atoms with Gasteiger partial charge in [-0.3, -0.25) is 0 Å². The van der Waals surface area contributed by atoms with Crippen LogP contribution in [0.4, 0.5) is 0 Å². The van der Waals surface area contributed by atoms with Crippen LogP contribution in [0, 0.1) is 0 Å². The van der Waals surface area contributed by atoms with Gasteiger partial charge >= 0.3 is 6.01 Å². The highest BCUT2D eigenvalue weighted by molar-refractivity contribution is 9.11. The molecule has 0 fully saturated rings. The summed E-state index contributed by atoms with van der Waals surface area (Å²) in [6, 6.07) is 8.34. The number of phenolic OH excluding ortho intramolecular Hbond substituents is 1. The number of hydrogen-bond acceptors (Lipinski definition) is 5.